The van der Waals surface area contributed by atoms with E-state index in [4.69, 9.17) is 0 Å². The fourth-order valence-corrected chi connectivity index (χ4v) is 4.32. The van der Waals surface area contributed by atoms with Gasteiger partial charge in [0.05, 0.1) is 12.0 Å². The van der Waals surface area contributed by atoms with Crippen LogP contribution >= 0.6 is 0 Å². The summed E-state index contributed by atoms with van der Waals surface area (Å²) in [6.07, 6.45) is 10.2. The Labute approximate surface area is 159 Å². The Morgan fingerprint density at radius 1 is 0.963 bits per heavy atom. The largest absolute Gasteiger partial charge is 0.342 e. The lowest BCUT2D eigenvalue weighted by molar-refractivity contribution is -0.133. The fraction of sp³-hybridized carbons (Fsp3) is 0.429. The third kappa shape index (κ3) is 3.84. The lowest BCUT2D eigenvalue weighted by Crippen LogP contribution is -2.48. The molecule has 2 saturated heterocycles. The van der Waals surface area contributed by atoms with E-state index >= 15 is 0 Å². The highest BCUT2D eigenvalue weighted by atomic mass is 16.2. The van der Waals surface area contributed by atoms with Crippen LogP contribution in [-0.2, 0) is 11.2 Å². The first-order valence-corrected chi connectivity index (χ1v) is 9.51. The molecule has 2 aliphatic rings. The number of rotatable bonds is 3. The minimum absolute atomic E-state index is 0.0285. The topological polar surface area (TPSA) is 66.4 Å². The second kappa shape index (κ2) is 7.47. The molecule has 0 bridgehead atoms. The Morgan fingerprint density at radius 3 is 2.48 bits per heavy atom. The molecule has 2 aromatic rings. The highest BCUT2D eigenvalue weighted by Gasteiger charge is 2.43. The van der Waals surface area contributed by atoms with E-state index in [9.17, 15) is 9.59 Å². The number of amides is 2. The van der Waals surface area contributed by atoms with Crippen LogP contribution < -0.4 is 0 Å². The van der Waals surface area contributed by atoms with Crippen molar-refractivity contribution in [2.45, 2.75) is 25.7 Å². The van der Waals surface area contributed by atoms with Crippen molar-refractivity contribution in [3.8, 4) is 0 Å². The summed E-state index contributed by atoms with van der Waals surface area (Å²) < 4.78 is 0. The molecule has 140 valence electrons. The predicted molar refractivity (Wildman–Crippen MR) is 101 cm³/mol. The molecule has 0 aliphatic carbocycles. The second-order valence-corrected chi connectivity index (χ2v) is 7.68. The molecule has 0 radical (unpaired) electrons. The first-order valence-electron chi connectivity index (χ1n) is 9.51. The number of hydrogen-bond acceptors (Lipinski definition) is 4. The Kier molecular flexibility index (Phi) is 4.88. The lowest BCUT2D eigenvalue weighted by atomic mass is 9.79. The summed E-state index contributed by atoms with van der Waals surface area (Å²) in [5, 5.41) is 0. The average molecular weight is 364 g/mol. The minimum atomic E-state index is 0.0285. The number of likely N-dealkylation sites (tertiary alicyclic amines) is 2. The van der Waals surface area contributed by atoms with E-state index in [2.05, 4.69) is 9.97 Å². The first kappa shape index (κ1) is 17.6. The first-order chi connectivity index (χ1) is 13.2. The van der Waals surface area contributed by atoms with Crippen LogP contribution in [0.2, 0.25) is 0 Å². The van der Waals surface area contributed by atoms with Gasteiger partial charge in [0.25, 0.3) is 5.91 Å². The number of aromatic nitrogens is 2. The monoisotopic (exact) mass is 364 g/mol. The maximum absolute atomic E-state index is 12.8. The zero-order valence-corrected chi connectivity index (χ0v) is 15.4. The highest BCUT2D eigenvalue weighted by Crippen LogP contribution is 2.39. The minimum Gasteiger partial charge on any atom is -0.342 e. The lowest BCUT2D eigenvalue weighted by Gasteiger charge is -2.40. The van der Waals surface area contributed by atoms with Gasteiger partial charge >= 0.3 is 0 Å². The smallest absolute Gasteiger partial charge is 0.255 e. The van der Waals surface area contributed by atoms with Crippen LogP contribution in [0.15, 0.2) is 49.1 Å². The number of carbonyl (C=O) groups is 2. The van der Waals surface area contributed by atoms with E-state index in [0.717, 1.165) is 51.0 Å². The average Bonchev–Trinajstić information content (AvgIpc) is 3.12. The third-order valence-electron chi connectivity index (χ3n) is 5.73. The van der Waals surface area contributed by atoms with Gasteiger partial charge in [0, 0.05) is 56.4 Å². The van der Waals surface area contributed by atoms with Gasteiger partial charge in [-0.25, -0.2) is 0 Å². The molecule has 2 amide bonds. The summed E-state index contributed by atoms with van der Waals surface area (Å²) in [5.41, 5.74) is 1.61. The van der Waals surface area contributed by atoms with E-state index < -0.39 is 0 Å². The van der Waals surface area contributed by atoms with Gasteiger partial charge in [-0.15, -0.1) is 0 Å². The molecule has 0 saturated carbocycles. The number of nitrogens with zero attached hydrogens (tertiary/aromatic N) is 4. The summed E-state index contributed by atoms with van der Waals surface area (Å²) in [6, 6.07) is 7.40. The molecule has 6 heteroatoms. The van der Waals surface area contributed by atoms with Gasteiger partial charge in [0.2, 0.25) is 5.91 Å². The summed E-state index contributed by atoms with van der Waals surface area (Å²) in [7, 11) is 0. The van der Waals surface area contributed by atoms with Crippen LogP contribution in [0.25, 0.3) is 0 Å². The van der Waals surface area contributed by atoms with Crippen molar-refractivity contribution in [3.63, 3.8) is 0 Å². The molecular formula is C21H24N4O2. The zero-order chi connectivity index (χ0) is 18.7. The molecule has 1 atom stereocenters. The van der Waals surface area contributed by atoms with Gasteiger partial charge in [-0.3, -0.25) is 19.6 Å². The zero-order valence-electron chi connectivity index (χ0n) is 15.4. The van der Waals surface area contributed by atoms with Crippen LogP contribution in [-0.4, -0.2) is 57.8 Å². The van der Waals surface area contributed by atoms with E-state index in [1.807, 2.05) is 28.0 Å². The second-order valence-electron chi connectivity index (χ2n) is 7.68. The van der Waals surface area contributed by atoms with Gasteiger partial charge in [-0.05, 0) is 43.0 Å². The van der Waals surface area contributed by atoms with Crippen molar-refractivity contribution >= 4 is 11.8 Å². The Hall–Kier alpha value is -2.76. The van der Waals surface area contributed by atoms with Gasteiger partial charge in [0.1, 0.15) is 0 Å². The van der Waals surface area contributed by atoms with Crippen LogP contribution in [0.3, 0.4) is 0 Å². The number of pyridine rings is 2. The molecule has 4 heterocycles. The summed E-state index contributed by atoms with van der Waals surface area (Å²) in [6.45, 7) is 3.01. The van der Waals surface area contributed by atoms with Crippen molar-refractivity contribution in [2.24, 2.45) is 5.41 Å². The molecule has 27 heavy (non-hydrogen) atoms. The molecule has 6 nitrogen and oxygen atoms in total. The van der Waals surface area contributed by atoms with Gasteiger partial charge in [-0.2, -0.15) is 0 Å². The van der Waals surface area contributed by atoms with Crippen LogP contribution in [0.1, 0.15) is 35.2 Å². The number of hydrogen-bond donors (Lipinski definition) is 0. The van der Waals surface area contributed by atoms with Gasteiger partial charge in [0.15, 0.2) is 0 Å². The van der Waals surface area contributed by atoms with Gasteiger partial charge < -0.3 is 9.80 Å². The number of carbonyl (C=O) groups excluding carboxylic acids is 2. The normalized spacial score (nSPS) is 22.2. The summed E-state index contributed by atoms with van der Waals surface area (Å²) in [4.78, 5) is 37.5. The van der Waals surface area contributed by atoms with Crippen molar-refractivity contribution in [1.82, 2.24) is 19.8 Å². The van der Waals surface area contributed by atoms with E-state index in [0.29, 0.717) is 12.0 Å². The predicted octanol–water partition coefficient (Wildman–Crippen LogP) is 2.17. The van der Waals surface area contributed by atoms with Gasteiger partial charge in [-0.1, -0.05) is 6.07 Å². The maximum atomic E-state index is 12.8. The van der Waals surface area contributed by atoms with Crippen LogP contribution in [0.5, 0.6) is 0 Å². The Morgan fingerprint density at radius 2 is 1.74 bits per heavy atom. The molecule has 0 N–H and O–H groups in total. The van der Waals surface area contributed by atoms with Crippen molar-refractivity contribution < 1.29 is 9.59 Å². The van der Waals surface area contributed by atoms with E-state index in [-0.39, 0.29) is 17.2 Å². The molecule has 4 rings (SSSR count). The van der Waals surface area contributed by atoms with Crippen molar-refractivity contribution in [1.29, 1.82) is 0 Å². The van der Waals surface area contributed by atoms with E-state index in [1.165, 1.54) is 0 Å². The molecule has 2 aliphatic heterocycles. The summed E-state index contributed by atoms with van der Waals surface area (Å²) in [5.74, 6) is 0.192. The molecule has 2 aromatic heterocycles. The molecule has 0 aromatic carbocycles. The van der Waals surface area contributed by atoms with Crippen LogP contribution in [0, 0.1) is 5.41 Å². The molecular weight excluding hydrogens is 340 g/mol. The SMILES string of the molecule is O=C(Cc1cccnc1)N1CCCC2(CCN(C(=O)c3cccnc3)C2)C1. The molecule has 2 fully saturated rings. The van der Waals surface area contributed by atoms with Crippen LogP contribution in [0.4, 0.5) is 0 Å². The standard InChI is InChI=1S/C21H24N4O2/c26-19(12-17-4-1-8-22-13-17)24-10-3-6-21(15-24)7-11-25(16-21)20(27)18-5-2-9-23-14-18/h1-2,4-5,8-9,13-14H,3,6-7,10-12,15-16H2. The maximum Gasteiger partial charge on any atom is 0.255 e. The molecule has 1 spiro atoms. The van der Waals surface area contributed by atoms with E-state index in [1.54, 1.807) is 30.9 Å². The highest BCUT2D eigenvalue weighted by molar-refractivity contribution is 5.94. The fourth-order valence-electron chi connectivity index (χ4n) is 4.32. The summed E-state index contributed by atoms with van der Waals surface area (Å²) >= 11 is 0. The third-order valence-corrected chi connectivity index (χ3v) is 5.73. The Balaban J connectivity index is 1.40. The van der Waals surface area contributed by atoms with Crippen molar-refractivity contribution in [3.05, 3.63) is 60.2 Å². The quantitative estimate of drug-likeness (QED) is 0.837. The molecule has 1 unspecified atom stereocenters. The van der Waals surface area contributed by atoms with Crippen molar-refractivity contribution in [2.75, 3.05) is 26.2 Å². The Bertz CT molecular complexity index is 811. The number of piperidine rings is 1.